The topological polar surface area (TPSA) is 97.3 Å². The predicted octanol–water partition coefficient (Wildman–Crippen LogP) is 6.25. The molecule has 0 fully saturated rings. The lowest BCUT2D eigenvalue weighted by atomic mass is 9.93. The molecule has 6 nitrogen and oxygen atoms in total. The van der Waals surface area contributed by atoms with Gasteiger partial charge in [0.15, 0.2) is 5.57 Å². The second-order valence-corrected chi connectivity index (χ2v) is 7.40. The minimum atomic E-state index is -0.788. The lowest BCUT2D eigenvalue weighted by Gasteiger charge is -2.14. The largest absolute Gasteiger partial charge is 0.506 e. The summed E-state index contributed by atoms with van der Waals surface area (Å²) in [4.78, 5) is 20.0. The van der Waals surface area contributed by atoms with Crippen LogP contribution < -0.4 is 5.73 Å². The van der Waals surface area contributed by atoms with E-state index in [1.807, 2.05) is 45.0 Å². The molecule has 0 saturated carbocycles. The fraction of sp³-hybridized carbons (Fsp3) is 0.179. The van der Waals surface area contributed by atoms with E-state index >= 15 is 0 Å². The average molecular weight is 492 g/mol. The van der Waals surface area contributed by atoms with Gasteiger partial charge in [-0.05, 0) is 74.0 Å². The van der Waals surface area contributed by atoms with Crippen molar-refractivity contribution in [1.29, 1.82) is 0 Å². The minimum Gasteiger partial charge on any atom is -0.506 e. The molecule has 0 saturated heterocycles. The Hall–Kier alpha value is -4.08. The molecule has 0 unspecified atom stereocenters. The normalized spacial score (nSPS) is 12.6. The first-order chi connectivity index (χ1) is 16.8. The molecule has 2 aromatic rings. The predicted molar refractivity (Wildman–Crippen MR) is 148 cm³/mol. The number of halogens is 1. The fourth-order valence-corrected chi connectivity index (χ4v) is 2.97. The molecule has 0 amide bonds. The zero-order valence-electron chi connectivity index (χ0n) is 20.5. The van der Waals surface area contributed by atoms with E-state index in [4.69, 9.17) is 23.8 Å². The number of carbonyl (C=O) groups is 1. The maximum absolute atomic E-state index is 11.9. The van der Waals surface area contributed by atoms with Gasteiger partial charge in [-0.25, -0.2) is 4.79 Å². The fourth-order valence-electron chi connectivity index (χ4n) is 2.79. The zero-order valence-corrected chi connectivity index (χ0v) is 21.3. The summed E-state index contributed by atoms with van der Waals surface area (Å²) in [6.45, 7) is 5.64. The van der Waals surface area contributed by atoms with Crippen molar-refractivity contribution in [1.82, 2.24) is 0 Å². The number of esters is 1. The Morgan fingerprint density at radius 2 is 1.89 bits per heavy atom. The summed E-state index contributed by atoms with van der Waals surface area (Å²) < 4.78 is 4.67. The highest BCUT2D eigenvalue weighted by Crippen LogP contribution is 2.29. The highest BCUT2D eigenvalue weighted by molar-refractivity contribution is 6.30. The van der Waals surface area contributed by atoms with Gasteiger partial charge in [0.05, 0.1) is 12.8 Å². The van der Waals surface area contributed by atoms with Crippen LogP contribution in [-0.4, -0.2) is 37.7 Å². The van der Waals surface area contributed by atoms with E-state index in [1.165, 1.54) is 13.3 Å². The lowest BCUT2D eigenvalue weighted by Crippen LogP contribution is -2.07. The molecule has 0 radical (unpaired) electrons. The number of carbonyl (C=O) groups excluding carboxylic acids is 1. The minimum absolute atomic E-state index is 0.252. The van der Waals surface area contributed by atoms with Gasteiger partial charge in [0.2, 0.25) is 0 Å². The summed E-state index contributed by atoms with van der Waals surface area (Å²) in [7, 11) is 2.95. The first kappa shape index (κ1) is 29.0. The van der Waals surface area contributed by atoms with Gasteiger partial charge in [0.25, 0.3) is 0 Å². The van der Waals surface area contributed by atoms with E-state index in [1.54, 1.807) is 43.7 Å². The number of rotatable bonds is 6. The first-order valence-corrected chi connectivity index (χ1v) is 11.0. The Labute approximate surface area is 212 Å². The molecule has 0 bridgehead atoms. The van der Waals surface area contributed by atoms with Crippen molar-refractivity contribution in [2.75, 3.05) is 14.2 Å². The molecule has 0 aliphatic heterocycles. The Bertz CT molecular complexity index is 1230. The molecule has 0 spiro atoms. The van der Waals surface area contributed by atoms with Gasteiger partial charge < -0.3 is 20.6 Å². The number of terminal acetylenes is 1. The van der Waals surface area contributed by atoms with Crippen LogP contribution in [0.1, 0.15) is 37.5 Å². The monoisotopic (exact) mass is 491 g/mol. The van der Waals surface area contributed by atoms with Crippen molar-refractivity contribution < 1.29 is 14.6 Å². The molecule has 0 aliphatic rings. The van der Waals surface area contributed by atoms with Gasteiger partial charge in [-0.15, -0.1) is 6.42 Å². The van der Waals surface area contributed by atoms with Gasteiger partial charge in [0, 0.05) is 35.6 Å². The van der Waals surface area contributed by atoms with Crippen molar-refractivity contribution in [2.45, 2.75) is 20.8 Å². The Morgan fingerprint density at radius 1 is 1.20 bits per heavy atom. The number of aliphatic hydroxyl groups is 1. The molecule has 182 valence electrons. The van der Waals surface area contributed by atoms with E-state index in [0.29, 0.717) is 27.4 Å². The van der Waals surface area contributed by atoms with Crippen LogP contribution in [0.5, 0.6) is 0 Å². The number of aliphatic imine (C=N–C) groups is 2. The third-order valence-corrected chi connectivity index (χ3v) is 5.07. The van der Waals surface area contributed by atoms with Crippen molar-refractivity contribution in [3.8, 4) is 12.3 Å². The summed E-state index contributed by atoms with van der Waals surface area (Å²) in [5, 5.41) is 11.3. The number of hydrogen-bond donors (Lipinski definition) is 2. The smallest absolute Gasteiger partial charge is 0.350 e. The average Bonchev–Trinajstić information content (AvgIpc) is 2.88. The molecule has 7 heteroatoms. The van der Waals surface area contributed by atoms with Crippen LogP contribution in [-0.2, 0) is 9.53 Å². The van der Waals surface area contributed by atoms with Crippen LogP contribution in [0.15, 0.2) is 70.3 Å². The van der Waals surface area contributed by atoms with Crippen LogP contribution in [0.4, 0.5) is 5.69 Å². The van der Waals surface area contributed by atoms with Crippen LogP contribution in [0.25, 0.3) is 16.9 Å². The molecule has 35 heavy (non-hydrogen) atoms. The van der Waals surface area contributed by atoms with Crippen LogP contribution in [0.2, 0.25) is 5.02 Å². The van der Waals surface area contributed by atoms with Gasteiger partial charge in [-0.2, -0.15) is 0 Å². The molecule has 0 aliphatic carbocycles. The van der Waals surface area contributed by atoms with E-state index in [9.17, 15) is 9.90 Å². The highest BCUT2D eigenvalue weighted by Gasteiger charge is 2.19. The van der Waals surface area contributed by atoms with Crippen molar-refractivity contribution in [3.63, 3.8) is 0 Å². The number of methoxy groups -OCH3 is 1. The number of nitrogens with zero attached hydrogens (tertiary/aromatic N) is 2. The number of hydrogen-bond acceptors (Lipinski definition) is 6. The Kier molecular flexibility index (Phi) is 12.4. The SMILES string of the molecule is C#C/C(C(=O)OC)=C(/O)c1ccc(/C(C=Nc2cccc(Cl)c2)=C/N)cc1/C(C)=C\C.CC=NC. The highest BCUT2D eigenvalue weighted by atomic mass is 35.5. The standard InChI is InChI=1S/C25H23ClN2O3.C3H7N/c1-5-16(3)23-12-17(10-11-22(23)24(29)21(6-2)25(30)31-4)18(14-27)15-28-20-9-7-8-19(26)13-20;1-3-4-2/h2,5,7-15,29H,27H2,1,3-4H3;3H,1-2H3/b16-5-,18-14+,24-21-,28-15?;. The van der Waals surface area contributed by atoms with E-state index < -0.39 is 5.97 Å². The summed E-state index contributed by atoms with van der Waals surface area (Å²) in [5.41, 5.74) is 9.66. The quantitative estimate of drug-likeness (QED) is 0.164. The van der Waals surface area contributed by atoms with Crippen LogP contribution in [0, 0.1) is 12.3 Å². The second kappa shape index (κ2) is 14.9. The van der Waals surface area contributed by atoms with E-state index in [-0.39, 0.29) is 11.3 Å². The number of ether oxygens (including phenoxy) is 1. The van der Waals surface area contributed by atoms with Crippen LogP contribution in [0.3, 0.4) is 0 Å². The van der Waals surface area contributed by atoms with Gasteiger partial charge in [-0.3, -0.25) is 4.99 Å². The summed E-state index contributed by atoms with van der Waals surface area (Å²) >= 11 is 6.01. The number of benzene rings is 2. The molecule has 2 rings (SSSR count). The van der Waals surface area contributed by atoms with Gasteiger partial charge in [0.1, 0.15) is 5.76 Å². The molecule has 0 heterocycles. The van der Waals surface area contributed by atoms with Gasteiger partial charge >= 0.3 is 5.97 Å². The molecule has 3 N–H and O–H groups in total. The van der Waals surface area contributed by atoms with Crippen molar-refractivity contribution in [2.24, 2.45) is 15.7 Å². The molecular weight excluding hydrogens is 462 g/mol. The zero-order chi connectivity index (χ0) is 26.4. The summed E-state index contributed by atoms with van der Waals surface area (Å²) in [6.07, 6.45) is 12.1. The summed E-state index contributed by atoms with van der Waals surface area (Å²) in [6, 6.07) is 12.4. The second-order valence-electron chi connectivity index (χ2n) is 6.97. The Morgan fingerprint density at radius 3 is 2.40 bits per heavy atom. The van der Waals surface area contributed by atoms with Crippen molar-refractivity contribution in [3.05, 3.63) is 82.0 Å². The number of aliphatic hydroxyl groups excluding tert-OH is 1. The van der Waals surface area contributed by atoms with Crippen molar-refractivity contribution >= 4 is 52.6 Å². The lowest BCUT2D eigenvalue weighted by molar-refractivity contribution is -0.135. The van der Waals surface area contributed by atoms with Crippen LogP contribution >= 0.6 is 11.6 Å². The van der Waals surface area contributed by atoms with Gasteiger partial charge in [-0.1, -0.05) is 35.7 Å². The summed E-state index contributed by atoms with van der Waals surface area (Å²) in [5.74, 6) is 1.08. The Balaban J connectivity index is 0.00000142. The first-order valence-electron chi connectivity index (χ1n) is 10.6. The third-order valence-electron chi connectivity index (χ3n) is 4.84. The molecule has 2 aromatic carbocycles. The third kappa shape index (κ3) is 8.33. The maximum atomic E-state index is 11.9. The number of allylic oxidation sites excluding steroid dienone is 3. The van der Waals surface area contributed by atoms with E-state index in [2.05, 4.69) is 20.6 Å². The number of nitrogens with two attached hydrogens (primary N) is 1. The maximum Gasteiger partial charge on any atom is 0.350 e. The molecular formula is C28H30ClN3O3. The van der Waals surface area contributed by atoms with E-state index in [0.717, 1.165) is 11.1 Å². The molecule has 0 atom stereocenters. The molecule has 0 aromatic heterocycles.